The Hall–Kier alpha value is -3.29. The molecule has 0 bridgehead atoms. The van der Waals surface area contributed by atoms with E-state index >= 15 is 0 Å². The Balaban J connectivity index is 1.54. The Bertz CT molecular complexity index is 1470. The molecule has 3 heterocycles. The normalized spacial score (nSPS) is 11.3. The van der Waals surface area contributed by atoms with Crippen LogP contribution in [0.2, 0.25) is 5.02 Å². The van der Waals surface area contributed by atoms with Crippen molar-refractivity contribution in [3.63, 3.8) is 0 Å². The van der Waals surface area contributed by atoms with E-state index in [1.54, 1.807) is 23.0 Å². The number of nitrogens with zero attached hydrogens (tertiary/aromatic N) is 4. The first kappa shape index (κ1) is 19.7. The highest BCUT2D eigenvalue weighted by Crippen LogP contribution is 2.35. The second-order valence-electron chi connectivity index (χ2n) is 7.33. The van der Waals surface area contributed by atoms with Crippen LogP contribution in [0.5, 0.6) is 0 Å². The van der Waals surface area contributed by atoms with Crippen LogP contribution in [0, 0.1) is 13.8 Å². The maximum Gasteiger partial charge on any atom is 0.268 e. The molecule has 5 aromatic rings. The van der Waals surface area contributed by atoms with Crippen LogP contribution in [-0.4, -0.2) is 19.7 Å². The number of hydrogen-bond donors (Lipinski definition) is 0. The van der Waals surface area contributed by atoms with Crippen molar-refractivity contribution in [3.8, 4) is 22.2 Å². The number of halogens is 1. The lowest BCUT2D eigenvalue weighted by Crippen LogP contribution is -2.21. The zero-order valence-corrected chi connectivity index (χ0v) is 18.4. The maximum absolute atomic E-state index is 13.2. The number of rotatable bonds is 4. The van der Waals surface area contributed by atoms with Crippen molar-refractivity contribution >= 4 is 33.2 Å². The van der Waals surface area contributed by atoms with Crippen LogP contribution >= 0.6 is 22.9 Å². The summed E-state index contributed by atoms with van der Waals surface area (Å²) >= 11 is 7.33. The lowest BCUT2D eigenvalue weighted by atomic mass is 10.1. The van der Waals surface area contributed by atoms with Gasteiger partial charge in [-0.25, -0.2) is 4.98 Å². The Labute approximate surface area is 186 Å². The van der Waals surface area contributed by atoms with Gasteiger partial charge in [0.2, 0.25) is 5.82 Å². The fraction of sp³-hybridized carbons (Fsp3) is 0.130. The molecule has 154 valence electrons. The number of hydrogen-bond acceptors (Lipinski definition) is 6. The van der Waals surface area contributed by atoms with Gasteiger partial charge in [-0.05, 0) is 49.2 Å². The minimum absolute atomic E-state index is 0.0797. The van der Waals surface area contributed by atoms with Gasteiger partial charge in [0.1, 0.15) is 4.83 Å². The Morgan fingerprint density at radius 1 is 1.13 bits per heavy atom. The van der Waals surface area contributed by atoms with Crippen molar-refractivity contribution in [2.75, 3.05) is 0 Å². The van der Waals surface area contributed by atoms with E-state index < -0.39 is 0 Å². The van der Waals surface area contributed by atoms with E-state index in [-0.39, 0.29) is 5.56 Å². The van der Waals surface area contributed by atoms with E-state index in [0.29, 0.717) is 33.5 Å². The fourth-order valence-corrected chi connectivity index (χ4v) is 4.70. The summed E-state index contributed by atoms with van der Waals surface area (Å²) < 4.78 is 7.14. The molecule has 0 saturated heterocycles. The topological polar surface area (TPSA) is 73.8 Å². The number of fused-ring (bicyclic) bond motifs is 1. The summed E-state index contributed by atoms with van der Waals surface area (Å²) in [5, 5.41) is 5.31. The molecule has 3 aromatic heterocycles. The predicted octanol–water partition coefficient (Wildman–Crippen LogP) is 5.49. The molecular weight excluding hydrogens is 432 g/mol. The van der Waals surface area contributed by atoms with Crippen molar-refractivity contribution in [2.45, 2.75) is 20.4 Å². The van der Waals surface area contributed by atoms with Gasteiger partial charge in [-0.1, -0.05) is 46.6 Å². The molecule has 0 aliphatic carbocycles. The van der Waals surface area contributed by atoms with Gasteiger partial charge in [-0.15, -0.1) is 11.3 Å². The fourth-order valence-electron chi connectivity index (χ4n) is 3.51. The van der Waals surface area contributed by atoms with Gasteiger partial charge in [0.25, 0.3) is 11.4 Å². The van der Waals surface area contributed by atoms with E-state index in [1.165, 1.54) is 11.3 Å². The van der Waals surface area contributed by atoms with Gasteiger partial charge in [0, 0.05) is 10.6 Å². The van der Waals surface area contributed by atoms with E-state index in [2.05, 4.69) is 21.2 Å². The summed E-state index contributed by atoms with van der Waals surface area (Å²) in [5.41, 5.74) is 3.73. The molecule has 0 amide bonds. The van der Waals surface area contributed by atoms with E-state index in [9.17, 15) is 4.79 Å². The molecule has 0 atom stereocenters. The molecule has 6 nitrogen and oxygen atoms in total. The molecule has 0 spiro atoms. The van der Waals surface area contributed by atoms with Gasteiger partial charge in [-0.3, -0.25) is 9.36 Å². The van der Waals surface area contributed by atoms with Crippen LogP contribution in [-0.2, 0) is 6.54 Å². The maximum atomic E-state index is 13.2. The standard InChI is InChI=1S/C23H17ClN4O2S/c1-13-4-3-5-15(10-13)11-28-12-25-22-18(23(28)29)14(2)19(31-22)21-26-20(27-30-21)16-6-8-17(24)9-7-16/h3-10,12H,11H2,1-2H3. The van der Waals surface area contributed by atoms with Crippen LogP contribution < -0.4 is 5.56 Å². The van der Waals surface area contributed by atoms with Gasteiger partial charge in [-0.2, -0.15) is 4.98 Å². The smallest absolute Gasteiger partial charge is 0.268 e. The SMILES string of the molecule is Cc1cccc(Cn2cnc3sc(-c4nc(-c5ccc(Cl)cc5)no4)c(C)c3c2=O)c1. The van der Waals surface area contributed by atoms with Crippen LogP contribution in [0.4, 0.5) is 0 Å². The molecular formula is C23H17ClN4O2S. The summed E-state index contributed by atoms with van der Waals surface area (Å²) in [5.74, 6) is 0.837. The van der Waals surface area contributed by atoms with Crippen molar-refractivity contribution in [3.05, 3.63) is 86.9 Å². The van der Waals surface area contributed by atoms with Gasteiger partial charge in [0.05, 0.1) is 23.1 Å². The summed E-state index contributed by atoms with van der Waals surface area (Å²) in [6.07, 6.45) is 1.60. The Morgan fingerprint density at radius 3 is 2.71 bits per heavy atom. The summed E-state index contributed by atoms with van der Waals surface area (Å²) in [6, 6.07) is 15.3. The largest absolute Gasteiger partial charge is 0.333 e. The third-order valence-corrected chi connectivity index (χ3v) is 6.52. The molecule has 8 heteroatoms. The minimum Gasteiger partial charge on any atom is -0.333 e. The average molecular weight is 449 g/mol. The van der Waals surface area contributed by atoms with Gasteiger partial charge in [0.15, 0.2) is 0 Å². The van der Waals surface area contributed by atoms with Gasteiger partial charge >= 0.3 is 0 Å². The summed E-state index contributed by atoms with van der Waals surface area (Å²) in [7, 11) is 0. The Kier molecular flexibility index (Phi) is 4.92. The van der Waals surface area contributed by atoms with Crippen LogP contribution in [0.1, 0.15) is 16.7 Å². The third-order valence-electron chi connectivity index (χ3n) is 5.08. The lowest BCUT2D eigenvalue weighted by molar-refractivity contribution is 0.433. The minimum atomic E-state index is -0.0797. The number of benzene rings is 2. The molecule has 2 aromatic carbocycles. The molecule has 0 unspecified atom stereocenters. The average Bonchev–Trinajstić information content (AvgIpc) is 3.36. The second-order valence-corrected chi connectivity index (χ2v) is 8.77. The highest BCUT2D eigenvalue weighted by molar-refractivity contribution is 7.22. The monoisotopic (exact) mass is 448 g/mol. The Morgan fingerprint density at radius 2 is 1.94 bits per heavy atom. The highest BCUT2D eigenvalue weighted by atomic mass is 35.5. The zero-order chi connectivity index (χ0) is 21.5. The number of aryl methyl sites for hydroxylation is 2. The summed E-state index contributed by atoms with van der Waals surface area (Å²) in [6.45, 7) is 4.39. The molecule has 0 aliphatic heterocycles. The predicted molar refractivity (Wildman–Crippen MR) is 123 cm³/mol. The third kappa shape index (κ3) is 3.66. The van der Waals surface area contributed by atoms with Gasteiger partial charge < -0.3 is 4.52 Å². The quantitative estimate of drug-likeness (QED) is 0.363. The molecule has 0 aliphatic rings. The molecule has 0 N–H and O–H groups in total. The van der Waals surface area contributed by atoms with Crippen molar-refractivity contribution < 1.29 is 4.52 Å². The van der Waals surface area contributed by atoms with Crippen LogP contribution in [0.15, 0.2) is 64.2 Å². The molecule has 0 saturated carbocycles. The molecule has 31 heavy (non-hydrogen) atoms. The van der Waals surface area contributed by atoms with E-state index in [1.807, 2.05) is 44.2 Å². The number of thiophene rings is 1. The summed E-state index contributed by atoms with van der Waals surface area (Å²) in [4.78, 5) is 23.6. The van der Waals surface area contributed by atoms with Crippen LogP contribution in [0.25, 0.3) is 32.4 Å². The van der Waals surface area contributed by atoms with E-state index in [4.69, 9.17) is 16.1 Å². The number of aromatic nitrogens is 4. The lowest BCUT2D eigenvalue weighted by Gasteiger charge is -2.06. The first-order chi connectivity index (χ1) is 15.0. The van der Waals surface area contributed by atoms with Crippen molar-refractivity contribution in [1.29, 1.82) is 0 Å². The van der Waals surface area contributed by atoms with Crippen LogP contribution in [0.3, 0.4) is 0 Å². The molecule has 5 rings (SSSR count). The molecule has 0 fully saturated rings. The first-order valence-electron chi connectivity index (χ1n) is 9.64. The molecule has 0 radical (unpaired) electrons. The second kappa shape index (κ2) is 7.76. The zero-order valence-electron chi connectivity index (χ0n) is 16.8. The van der Waals surface area contributed by atoms with E-state index in [0.717, 1.165) is 27.1 Å². The van der Waals surface area contributed by atoms with Crippen molar-refractivity contribution in [1.82, 2.24) is 19.7 Å². The van der Waals surface area contributed by atoms with Crippen molar-refractivity contribution in [2.24, 2.45) is 0 Å². The highest BCUT2D eigenvalue weighted by Gasteiger charge is 2.20. The first-order valence-corrected chi connectivity index (χ1v) is 10.8.